The van der Waals surface area contributed by atoms with E-state index >= 15 is 0 Å². The van der Waals surface area contributed by atoms with E-state index in [0.717, 1.165) is 37.9 Å². The second-order valence-corrected chi connectivity index (χ2v) is 5.76. The number of nitrogens with zero attached hydrogens (tertiary/aromatic N) is 1. The largest absolute Gasteiger partial charge is 0.342 e. The fourth-order valence-corrected chi connectivity index (χ4v) is 2.80. The van der Waals surface area contributed by atoms with E-state index < -0.39 is 0 Å². The molecule has 2 N–H and O–H groups in total. The molecule has 0 aromatic heterocycles. The van der Waals surface area contributed by atoms with Gasteiger partial charge in [-0.05, 0) is 42.9 Å². The zero-order valence-electron chi connectivity index (χ0n) is 12.0. The second-order valence-electron chi connectivity index (χ2n) is 5.76. The Hall–Kier alpha value is -1.42. The van der Waals surface area contributed by atoms with Crippen LogP contribution in [0.15, 0.2) is 24.3 Å². The molecule has 1 aliphatic rings. The van der Waals surface area contributed by atoms with Crippen molar-refractivity contribution in [1.82, 2.24) is 4.90 Å². The van der Waals surface area contributed by atoms with Gasteiger partial charge in [0, 0.05) is 25.6 Å². The van der Waals surface area contributed by atoms with Crippen LogP contribution in [0.4, 0.5) is 4.39 Å². The van der Waals surface area contributed by atoms with E-state index in [1.54, 1.807) is 0 Å². The van der Waals surface area contributed by atoms with Crippen molar-refractivity contribution in [2.45, 2.75) is 26.2 Å². The van der Waals surface area contributed by atoms with Gasteiger partial charge in [-0.15, -0.1) is 0 Å². The third kappa shape index (κ3) is 3.79. The number of carbonyl (C=O) groups excluding carboxylic acids is 1. The molecule has 2 unspecified atom stereocenters. The minimum absolute atomic E-state index is 0.0976. The van der Waals surface area contributed by atoms with Crippen LogP contribution in [0, 0.1) is 17.7 Å². The highest BCUT2D eigenvalue weighted by Crippen LogP contribution is 2.22. The van der Waals surface area contributed by atoms with Crippen LogP contribution in [0.5, 0.6) is 0 Å². The summed E-state index contributed by atoms with van der Waals surface area (Å²) in [6.07, 6.45) is 3.06. The highest BCUT2D eigenvalue weighted by molar-refractivity contribution is 5.78. The van der Waals surface area contributed by atoms with E-state index in [4.69, 9.17) is 5.73 Å². The van der Waals surface area contributed by atoms with E-state index in [1.165, 1.54) is 12.1 Å². The fourth-order valence-electron chi connectivity index (χ4n) is 2.80. The van der Waals surface area contributed by atoms with Crippen LogP contribution < -0.4 is 5.73 Å². The van der Waals surface area contributed by atoms with Gasteiger partial charge in [-0.2, -0.15) is 0 Å². The van der Waals surface area contributed by atoms with Gasteiger partial charge in [-0.1, -0.05) is 19.1 Å². The van der Waals surface area contributed by atoms with Gasteiger partial charge in [0.2, 0.25) is 5.91 Å². The van der Waals surface area contributed by atoms with Crippen molar-refractivity contribution in [2.24, 2.45) is 17.6 Å². The van der Waals surface area contributed by atoms with E-state index in [-0.39, 0.29) is 17.6 Å². The first-order valence-corrected chi connectivity index (χ1v) is 7.33. The molecule has 0 bridgehead atoms. The first kappa shape index (κ1) is 15.0. The molecular weight excluding hydrogens is 255 g/mol. The summed E-state index contributed by atoms with van der Waals surface area (Å²) in [7, 11) is 0. The zero-order chi connectivity index (χ0) is 14.5. The van der Waals surface area contributed by atoms with Gasteiger partial charge in [0.15, 0.2) is 0 Å². The van der Waals surface area contributed by atoms with Crippen LogP contribution in [0.3, 0.4) is 0 Å². The van der Waals surface area contributed by atoms with Gasteiger partial charge < -0.3 is 10.6 Å². The highest BCUT2D eigenvalue weighted by Gasteiger charge is 2.26. The van der Waals surface area contributed by atoms with Gasteiger partial charge in [-0.25, -0.2) is 4.39 Å². The van der Waals surface area contributed by atoms with Crippen molar-refractivity contribution >= 4 is 5.91 Å². The zero-order valence-corrected chi connectivity index (χ0v) is 12.0. The number of nitrogens with two attached hydrogens (primary N) is 1. The van der Waals surface area contributed by atoms with E-state index in [1.807, 2.05) is 24.0 Å². The Bertz CT molecular complexity index is 446. The third-order valence-electron chi connectivity index (χ3n) is 4.04. The number of hydrogen-bond acceptors (Lipinski definition) is 2. The average molecular weight is 278 g/mol. The Morgan fingerprint density at radius 2 is 2.15 bits per heavy atom. The Labute approximate surface area is 120 Å². The molecule has 1 fully saturated rings. The van der Waals surface area contributed by atoms with Crippen LogP contribution in [0.1, 0.15) is 25.3 Å². The Morgan fingerprint density at radius 1 is 1.45 bits per heavy atom. The fraction of sp³-hybridized carbons (Fsp3) is 0.562. The van der Waals surface area contributed by atoms with Crippen molar-refractivity contribution in [3.8, 4) is 0 Å². The molecule has 2 rings (SSSR count). The molecule has 0 aliphatic carbocycles. The van der Waals surface area contributed by atoms with Crippen LogP contribution >= 0.6 is 0 Å². The summed E-state index contributed by atoms with van der Waals surface area (Å²) in [6, 6.07) is 6.66. The monoisotopic (exact) mass is 278 g/mol. The van der Waals surface area contributed by atoms with Crippen molar-refractivity contribution < 1.29 is 9.18 Å². The van der Waals surface area contributed by atoms with Crippen molar-refractivity contribution in [3.63, 3.8) is 0 Å². The molecule has 1 aromatic carbocycles. The van der Waals surface area contributed by atoms with Crippen molar-refractivity contribution in [3.05, 3.63) is 35.6 Å². The summed E-state index contributed by atoms with van der Waals surface area (Å²) in [5.74, 6) is 0.324. The molecule has 1 heterocycles. The Kier molecular flexibility index (Phi) is 5.12. The topological polar surface area (TPSA) is 46.3 Å². The van der Waals surface area contributed by atoms with Crippen LogP contribution in [-0.2, 0) is 11.2 Å². The van der Waals surface area contributed by atoms with Crippen molar-refractivity contribution in [2.75, 3.05) is 19.6 Å². The van der Waals surface area contributed by atoms with Gasteiger partial charge in [0.25, 0.3) is 0 Å². The molecule has 4 heteroatoms. The summed E-state index contributed by atoms with van der Waals surface area (Å²) >= 11 is 0. The summed E-state index contributed by atoms with van der Waals surface area (Å²) in [5, 5.41) is 0. The number of hydrogen-bond donors (Lipinski definition) is 1. The lowest BCUT2D eigenvalue weighted by Crippen LogP contribution is -2.44. The van der Waals surface area contributed by atoms with E-state index in [0.29, 0.717) is 12.5 Å². The first-order chi connectivity index (χ1) is 9.60. The van der Waals surface area contributed by atoms with Gasteiger partial charge in [0.05, 0.1) is 0 Å². The lowest BCUT2D eigenvalue weighted by Gasteiger charge is -2.34. The normalized spacial score (nSPS) is 20.8. The maximum atomic E-state index is 12.9. The minimum atomic E-state index is -0.203. The second kappa shape index (κ2) is 6.84. The Morgan fingerprint density at radius 3 is 2.80 bits per heavy atom. The average Bonchev–Trinajstić information content (AvgIpc) is 2.48. The molecule has 1 aromatic rings. The molecule has 1 amide bonds. The molecule has 1 saturated heterocycles. The number of benzene rings is 1. The molecule has 2 atom stereocenters. The third-order valence-corrected chi connectivity index (χ3v) is 4.04. The predicted octanol–water partition coefficient (Wildman–Crippen LogP) is 2.20. The summed E-state index contributed by atoms with van der Waals surface area (Å²) in [5.41, 5.74) is 6.71. The number of amides is 1. The minimum Gasteiger partial charge on any atom is -0.342 e. The molecule has 0 spiro atoms. The number of carbonyl (C=O) groups is 1. The number of likely N-dealkylation sites (tertiary alicyclic amines) is 1. The smallest absolute Gasteiger partial charge is 0.226 e. The number of rotatable bonds is 4. The van der Waals surface area contributed by atoms with Gasteiger partial charge in [0.1, 0.15) is 5.82 Å². The molecule has 0 saturated carbocycles. The number of halogens is 1. The molecule has 110 valence electrons. The van der Waals surface area contributed by atoms with E-state index in [2.05, 4.69) is 0 Å². The Balaban J connectivity index is 1.93. The van der Waals surface area contributed by atoms with E-state index in [9.17, 15) is 9.18 Å². The molecular formula is C16H23FN2O. The highest BCUT2D eigenvalue weighted by atomic mass is 19.1. The quantitative estimate of drug-likeness (QED) is 0.918. The lowest BCUT2D eigenvalue weighted by molar-refractivity contribution is -0.136. The first-order valence-electron chi connectivity index (χ1n) is 7.33. The van der Waals surface area contributed by atoms with Crippen molar-refractivity contribution in [1.29, 1.82) is 0 Å². The predicted molar refractivity (Wildman–Crippen MR) is 77.6 cm³/mol. The molecule has 1 aliphatic heterocycles. The van der Waals surface area contributed by atoms with Crippen LogP contribution in [-0.4, -0.2) is 30.4 Å². The van der Waals surface area contributed by atoms with Gasteiger partial charge >= 0.3 is 0 Å². The lowest BCUT2D eigenvalue weighted by atomic mass is 9.90. The summed E-state index contributed by atoms with van der Waals surface area (Å²) in [4.78, 5) is 14.1. The van der Waals surface area contributed by atoms with Crippen LogP contribution in [0.2, 0.25) is 0 Å². The maximum absolute atomic E-state index is 12.9. The molecule has 20 heavy (non-hydrogen) atoms. The van der Waals surface area contributed by atoms with Crippen LogP contribution in [0.25, 0.3) is 0 Å². The summed E-state index contributed by atoms with van der Waals surface area (Å²) in [6.45, 7) is 3.91. The molecule has 0 radical (unpaired) electrons. The number of piperidine rings is 1. The standard InChI is InChI=1S/C16H23FN2O/c1-12(10-18)16(20)19-8-2-3-14(11-19)9-13-4-6-15(17)7-5-13/h4-7,12,14H,2-3,8-11,18H2,1H3. The SMILES string of the molecule is CC(CN)C(=O)N1CCCC(Cc2ccc(F)cc2)C1. The molecule has 3 nitrogen and oxygen atoms in total. The maximum Gasteiger partial charge on any atom is 0.226 e. The van der Waals surface area contributed by atoms with Gasteiger partial charge in [-0.3, -0.25) is 4.79 Å². The summed E-state index contributed by atoms with van der Waals surface area (Å²) < 4.78 is 12.9.